The summed E-state index contributed by atoms with van der Waals surface area (Å²) in [4.78, 5) is 25.5. The van der Waals surface area contributed by atoms with Gasteiger partial charge in [-0.05, 0) is 18.6 Å². The highest BCUT2D eigenvalue weighted by Crippen LogP contribution is 2.23. The number of likely N-dealkylation sites (N-methyl/N-ethyl adjacent to an activating group) is 1. The maximum Gasteiger partial charge on any atom is 0.333 e. The lowest BCUT2D eigenvalue weighted by Gasteiger charge is -2.26. The molecule has 0 bridgehead atoms. The van der Waals surface area contributed by atoms with Crippen LogP contribution in [0.15, 0.2) is 36.9 Å². The molecule has 24 heavy (non-hydrogen) atoms. The molecule has 0 aliphatic carbocycles. The van der Waals surface area contributed by atoms with Crippen molar-refractivity contribution in [3.63, 3.8) is 0 Å². The quantitative estimate of drug-likeness (QED) is 0.505. The Hall–Kier alpha value is -2.52. The van der Waals surface area contributed by atoms with Crippen molar-refractivity contribution in [2.45, 2.75) is 18.9 Å². The van der Waals surface area contributed by atoms with E-state index in [-0.39, 0.29) is 18.9 Å². The van der Waals surface area contributed by atoms with Crippen LogP contribution >= 0.6 is 11.6 Å². The van der Waals surface area contributed by atoms with Crippen molar-refractivity contribution in [2.75, 3.05) is 20.3 Å². The average molecular weight is 351 g/mol. The largest absolute Gasteiger partial charge is 0.489 e. The summed E-state index contributed by atoms with van der Waals surface area (Å²) in [6.45, 7) is 3.03. The van der Waals surface area contributed by atoms with Gasteiger partial charge in [0.05, 0.1) is 5.02 Å². The van der Waals surface area contributed by atoms with E-state index in [4.69, 9.17) is 26.3 Å². The topological polar surface area (TPSA) is 79.6 Å². The van der Waals surface area contributed by atoms with Crippen LogP contribution < -0.4 is 4.74 Å². The van der Waals surface area contributed by atoms with E-state index in [0.717, 1.165) is 0 Å². The van der Waals surface area contributed by atoms with Gasteiger partial charge in [0.2, 0.25) is 5.91 Å². The summed E-state index contributed by atoms with van der Waals surface area (Å²) >= 11 is 6.01. The van der Waals surface area contributed by atoms with Gasteiger partial charge >= 0.3 is 5.97 Å². The molecule has 1 aromatic carbocycles. The Morgan fingerprint density at radius 2 is 2.17 bits per heavy atom. The number of rotatable bonds is 9. The second-order valence-corrected chi connectivity index (χ2v) is 5.26. The zero-order valence-corrected chi connectivity index (χ0v) is 14.2. The van der Waals surface area contributed by atoms with Gasteiger partial charge in [0.25, 0.3) is 0 Å². The van der Waals surface area contributed by atoms with Crippen LogP contribution in [-0.4, -0.2) is 43.1 Å². The monoisotopic (exact) mass is 350 g/mol. The third-order valence-corrected chi connectivity index (χ3v) is 3.52. The van der Waals surface area contributed by atoms with Crippen molar-refractivity contribution in [2.24, 2.45) is 0 Å². The number of carbonyl (C=O) groups is 2. The van der Waals surface area contributed by atoms with Gasteiger partial charge < -0.3 is 14.4 Å². The minimum atomic E-state index is -0.980. The fraction of sp³-hybridized carbons (Fsp3) is 0.353. The van der Waals surface area contributed by atoms with Crippen LogP contribution in [0.4, 0.5) is 0 Å². The van der Waals surface area contributed by atoms with E-state index in [1.165, 1.54) is 11.9 Å². The predicted octanol–water partition coefficient (Wildman–Crippen LogP) is 2.58. The van der Waals surface area contributed by atoms with E-state index in [1.54, 1.807) is 36.4 Å². The Balaban J connectivity index is 2.82. The molecule has 128 valence electrons. The number of esters is 1. The second kappa shape index (κ2) is 10.3. The molecule has 0 spiro atoms. The first-order valence-corrected chi connectivity index (χ1v) is 7.66. The number of para-hydroxylation sites is 1. The number of ether oxygens (including phenoxy) is 2. The molecule has 0 N–H and O–H groups in total. The molecule has 1 aromatic rings. The summed E-state index contributed by atoms with van der Waals surface area (Å²) in [5.74, 6) is -0.571. The van der Waals surface area contributed by atoms with Crippen LogP contribution in [0, 0.1) is 11.3 Å². The minimum absolute atomic E-state index is 0.135. The van der Waals surface area contributed by atoms with Crippen LogP contribution in [0.1, 0.15) is 12.8 Å². The zero-order valence-electron chi connectivity index (χ0n) is 13.4. The first-order chi connectivity index (χ1) is 11.5. The molecule has 1 amide bonds. The van der Waals surface area contributed by atoms with E-state index >= 15 is 0 Å². The Kier molecular flexibility index (Phi) is 8.37. The number of nitriles is 1. The lowest BCUT2D eigenvalue weighted by molar-refractivity contribution is -0.154. The van der Waals surface area contributed by atoms with E-state index in [2.05, 4.69) is 6.58 Å². The first-order valence-electron chi connectivity index (χ1n) is 7.28. The van der Waals surface area contributed by atoms with Gasteiger partial charge in [0.15, 0.2) is 12.6 Å². The Labute approximate surface area is 146 Å². The SMILES string of the molecule is C=CCCC(=O)N(C)[C@@H](COc1ccccc1Cl)C(=O)OCC#N. The van der Waals surface area contributed by atoms with E-state index < -0.39 is 18.6 Å². The molecular formula is C17H19ClN2O4. The zero-order chi connectivity index (χ0) is 17.9. The Bertz CT molecular complexity index is 627. The molecule has 0 fully saturated rings. The molecule has 1 atom stereocenters. The maximum atomic E-state index is 12.1. The molecular weight excluding hydrogens is 332 g/mol. The van der Waals surface area contributed by atoms with Crippen molar-refractivity contribution in [3.05, 3.63) is 41.9 Å². The summed E-state index contributed by atoms with van der Waals surface area (Å²) in [6.07, 6.45) is 2.33. The molecule has 0 aliphatic heterocycles. The average Bonchev–Trinajstić information content (AvgIpc) is 2.59. The van der Waals surface area contributed by atoms with Gasteiger partial charge in [-0.15, -0.1) is 6.58 Å². The maximum absolute atomic E-state index is 12.1. The van der Waals surface area contributed by atoms with Gasteiger partial charge in [0, 0.05) is 13.5 Å². The third kappa shape index (κ3) is 5.94. The number of nitrogens with zero attached hydrogens (tertiary/aromatic N) is 2. The molecule has 0 aromatic heterocycles. The van der Waals surface area contributed by atoms with E-state index in [0.29, 0.717) is 17.2 Å². The van der Waals surface area contributed by atoms with Crippen molar-refractivity contribution < 1.29 is 19.1 Å². The summed E-state index contributed by atoms with van der Waals surface area (Å²) in [6, 6.07) is 7.53. The highest BCUT2D eigenvalue weighted by molar-refractivity contribution is 6.32. The smallest absolute Gasteiger partial charge is 0.333 e. The van der Waals surface area contributed by atoms with Crippen LogP contribution in [0.5, 0.6) is 5.75 Å². The summed E-state index contributed by atoms with van der Waals surface area (Å²) < 4.78 is 10.4. The van der Waals surface area contributed by atoms with E-state index in [9.17, 15) is 9.59 Å². The lowest BCUT2D eigenvalue weighted by Crippen LogP contribution is -2.47. The molecule has 0 unspecified atom stereocenters. The third-order valence-electron chi connectivity index (χ3n) is 3.21. The minimum Gasteiger partial charge on any atom is -0.489 e. The van der Waals surface area contributed by atoms with Crippen molar-refractivity contribution in [1.82, 2.24) is 4.90 Å². The number of amides is 1. The molecule has 0 saturated carbocycles. The highest BCUT2D eigenvalue weighted by atomic mass is 35.5. The Morgan fingerprint density at radius 3 is 2.79 bits per heavy atom. The van der Waals surface area contributed by atoms with Crippen LogP contribution in [0.25, 0.3) is 0 Å². The van der Waals surface area contributed by atoms with Gasteiger partial charge in [0.1, 0.15) is 18.4 Å². The molecule has 0 radical (unpaired) electrons. The predicted molar refractivity (Wildman–Crippen MR) is 89.5 cm³/mol. The van der Waals surface area contributed by atoms with Gasteiger partial charge in [-0.25, -0.2) is 4.79 Å². The number of benzene rings is 1. The molecule has 0 saturated heterocycles. The van der Waals surface area contributed by atoms with Crippen LogP contribution in [0.2, 0.25) is 5.02 Å². The van der Waals surface area contributed by atoms with Crippen LogP contribution in [0.3, 0.4) is 0 Å². The summed E-state index contributed by atoms with van der Waals surface area (Å²) in [7, 11) is 1.49. The summed E-state index contributed by atoms with van der Waals surface area (Å²) in [5.41, 5.74) is 0. The van der Waals surface area contributed by atoms with Crippen molar-refractivity contribution in [3.8, 4) is 11.8 Å². The number of carbonyl (C=O) groups excluding carboxylic acids is 2. The lowest BCUT2D eigenvalue weighted by atomic mass is 10.2. The number of hydrogen-bond donors (Lipinski definition) is 0. The van der Waals surface area contributed by atoms with Gasteiger partial charge in [-0.2, -0.15) is 5.26 Å². The Morgan fingerprint density at radius 1 is 1.46 bits per heavy atom. The molecule has 7 heteroatoms. The van der Waals surface area contributed by atoms with Crippen LogP contribution in [-0.2, 0) is 14.3 Å². The standard InChI is InChI=1S/C17H19ClN2O4/c1-3-4-9-16(21)20(2)14(17(22)23-11-10-19)12-24-15-8-6-5-7-13(15)18/h3,5-8,14H,1,4,9,11-12H2,2H3/t14-/m0/s1. The van der Waals surface area contributed by atoms with E-state index in [1.807, 2.05) is 0 Å². The number of allylic oxidation sites excluding steroid dienone is 1. The fourth-order valence-electron chi connectivity index (χ4n) is 1.84. The molecule has 6 nitrogen and oxygen atoms in total. The first kappa shape index (κ1) is 19.5. The molecule has 0 heterocycles. The second-order valence-electron chi connectivity index (χ2n) is 4.86. The normalized spacial score (nSPS) is 11.0. The molecule has 1 rings (SSSR count). The number of halogens is 1. The fourth-order valence-corrected chi connectivity index (χ4v) is 2.03. The van der Waals surface area contributed by atoms with Gasteiger partial charge in [-0.3, -0.25) is 4.79 Å². The highest BCUT2D eigenvalue weighted by Gasteiger charge is 2.29. The van der Waals surface area contributed by atoms with Gasteiger partial charge in [-0.1, -0.05) is 29.8 Å². The van der Waals surface area contributed by atoms with Crippen molar-refractivity contribution in [1.29, 1.82) is 5.26 Å². The van der Waals surface area contributed by atoms with Crippen molar-refractivity contribution >= 4 is 23.5 Å². The summed E-state index contributed by atoms with van der Waals surface area (Å²) in [5, 5.41) is 8.93. The molecule has 0 aliphatic rings. The number of hydrogen-bond acceptors (Lipinski definition) is 5.